The smallest absolute Gasteiger partial charge is 0.378 e. The fraction of sp³-hybridized carbons (Fsp3) is 0.381. The van der Waals surface area contributed by atoms with Crippen LogP contribution in [0.4, 0.5) is 24.5 Å². The minimum absolute atomic E-state index is 0.0186. The zero-order valence-corrected chi connectivity index (χ0v) is 15.2. The molecule has 1 N–H and O–H groups in total. The molecule has 1 aliphatic carbocycles. The van der Waals surface area contributed by atoms with E-state index < -0.39 is 11.7 Å². The molecule has 2 aliphatic rings. The molecule has 1 aliphatic heterocycles. The van der Waals surface area contributed by atoms with E-state index in [2.05, 4.69) is 10.2 Å². The number of alkyl halides is 3. The standard InChI is InChI=1S/C21H21F3N2O2/c22-21(23,24)15-3-1-14(2-4-15)18-13-19(18)20(27)25-16-5-7-17(8-6-16)26-9-11-28-12-10-26/h1-8,18-19H,9-13H2,(H,25,27)/t18-,19-/m1/s1. The number of morpholine rings is 1. The number of halogens is 3. The zero-order chi connectivity index (χ0) is 19.7. The van der Waals surface area contributed by atoms with Crippen LogP contribution in [0.5, 0.6) is 0 Å². The van der Waals surface area contributed by atoms with E-state index in [4.69, 9.17) is 4.74 Å². The highest BCUT2D eigenvalue weighted by atomic mass is 19.4. The van der Waals surface area contributed by atoms with Gasteiger partial charge in [-0.1, -0.05) is 12.1 Å². The second-order valence-electron chi connectivity index (χ2n) is 7.20. The Morgan fingerprint density at radius 3 is 2.25 bits per heavy atom. The lowest BCUT2D eigenvalue weighted by atomic mass is 10.1. The first kappa shape index (κ1) is 18.8. The first-order valence-corrected chi connectivity index (χ1v) is 9.32. The predicted octanol–water partition coefficient (Wildman–Crippen LogP) is 4.28. The summed E-state index contributed by atoms with van der Waals surface area (Å²) in [6.07, 6.45) is -3.69. The van der Waals surface area contributed by atoms with Crippen molar-refractivity contribution in [3.8, 4) is 0 Å². The van der Waals surface area contributed by atoms with E-state index >= 15 is 0 Å². The van der Waals surface area contributed by atoms with Gasteiger partial charge in [0.1, 0.15) is 0 Å². The van der Waals surface area contributed by atoms with Crippen LogP contribution in [0.3, 0.4) is 0 Å². The molecule has 148 valence electrons. The van der Waals surface area contributed by atoms with E-state index in [0.717, 1.165) is 42.2 Å². The fourth-order valence-corrected chi connectivity index (χ4v) is 3.58. The SMILES string of the molecule is O=C(Nc1ccc(N2CCOCC2)cc1)[C@@H]1C[C@@H]1c1ccc(C(F)(F)F)cc1. The predicted molar refractivity (Wildman–Crippen MR) is 100 cm³/mol. The molecule has 2 aromatic carbocycles. The number of rotatable bonds is 4. The molecule has 1 amide bonds. The van der Waals surface area contributed by atoms with Crippen molar-refractivity contribution in [2.45, 2.75) is 18.5 Å². The van der Waals surface area contributed by atoms with E-state index in [9.17, 15) is 18.0 Å². The lowest BCUT2D eigenvalue weighted by Crippen LogP contribution is -2.36. The van der Waals surface area contributed by atoms with Gasteiger partial charge in [-0.2, -0.15) is 13.2 Å². The highest BCUT2D eigenvalue weighted by Gasteiger charge is 2.44. The van der Waals surface area contributed by atoms with Crippen LogP contribution in [-0.2, 0) is 15.7 Å². The van der Waals surface area contributed by atoms with Crippen molar-refractivity contribution in [3.63, 3.8) is 0 Å². The van der Waals surface area contributed by atoms with Crippen LogP contribution in [0, 0.1) is 5.92 Å². The van der Waals surface area contributed by atoms with Gasteiger partial charge in [-0.3, -0.25) is 4.79 Å². The van der Waals surface area contributed by atoms with Crippen LogP contribution in [0.2, 0.25) is 0 Å². The summed E-state index contributed by atoms with van der Waals surface area (Å²) in [6, 6.07) is 12.8. The van der Waals surface area contributed by atoms with Crippen molar-refractivity contribution in [1.29, 1.82) is 0 Å². The minimum atomic E-state index is -4.34. The van der Waals surface area contributed by atoms with Crippen LogP contribution >= 0.6 is 0 Å². The lowest BCUT2D eigenvalue weighted by Gasteiger charge is -2.28. The summed E-state index contributed by atoms with van der Waals surface area (Å²) < 4.78 is 43.3. The number of carbonyl (C=O) groups is 1. The summed E-state index contributed by atoms with van der Waals surface area (Å²) in [5.74, 6) is -0.311. The van der Waals surface area contributed by atoms with Gasteiger partial charge in [0, 0.05) is 30.4 Å². The second-order valence-corrected chi connectivity index (χ2v) is 7.20. The molecule has 1 heterocycles. The molecule has 2 atom stereocenters. The number of anilines is 2. The van der Waals surface area contributed by atoms with Crippen molar-refractivity contribution in [2.75, 3.05) is 36.5 Å². The van der Waals surface area contributed by atoms with Crippen molar-refractivity contribution in [2.24, 2.45) is 5.92 Å². The maximum atomic E-state index is 12.7. The number of ether oxygens (including phenoxy) is 1. The third-order valence-corrected chi connectivity index (χ3v) is 5.30. The summed E-state index contributed by atoms with van der Waals surface area (Å²) in [5, 5.41) is 2.91. The molecular weight excluding hydrogens is 369 g/mol. The highest BCUT2D eigenvalue weighted by Crippen LogP contribution is 2.48. The molecule has 28 heavy (non-hydrogen) atoms. The fourth-order valence-electron chi connectivity index (χ4n) is 3.58. The maximum absolute atomic E-state index is 12.7. The largest absolute Gasteiger partial charge is 0.416 e. The summed E-state index contributed by atoms with van der Waals surface area (Å²) >= 11 is 0. The Morgan fingerprint density at radius 1 is 1.00 bits per heavy atom. The number of nitrogens with zero attached hydrogens (tertiary/aromatic N) is 1. The molecular formula is C21H21F3N2O2. The first-order valence-electron chi connectivity index (χ1n) is 9.32. The van der Waals surface area contributed by atoms with Crippen LogP contribution in [0.15, 0.2) is 48.5 Å². The number of carbonyl (C=O) groups excluding carboxylic acids is 1. The summed E-state index contributed by atoms with van der Waals surface area (Å²) in [4.78, 5) is 14.7. The molecule has 0 bridgehead atoms. The van der Waals surface area contributed by atoms with E-state index in [-0.39, 0.29) is 17.7 Å². The topological polar surface area (TPSA) is 41.6 Å². The highest BCUT2D eigenvalue weighted by molar-refractivity contribution is 5.95. The molecule has 1 saturated carbocycles. The normalized spacial score (nSPS) is 22.0. The van der Waals surface area contributed by atoms with Crippen molar-refractivity contribution in [1.82, 2.24) is 0 Å². The van der Waals surface area contributed by atoms with Gasteiger partial charge in [-0.25, -0.2) is 0 Å². The third kappa shape index (κ3) is 4.14. The molecule has 2 aromatic rings. The van der Waals surface area contributed by atoms with E-state index in [1.54, 1.807) is 0 Å². The number of hydrogen-bond donors (Lipinski definition) is 1. The molecule has 7 heteroatoms. The number of nitrogens with one attached hydrogen (secondary N) is 1. The Balaban J connectivity index is 1.33. The average molecular weight is 390 g/mol. The average Bonchev–Trinajstić information content (AvgIpc) is 3.50. The Labute approximate surface area is 161 Å². The molecule has 4 nitrogen and oxygen atoms in total. The molecule has 2 fully saturated rings. The van der Waals surface area contributed by atoms with E-state index in [1.165, 1.54) is 12.1 Å². The van der Waals surface area contributed by atoms with Gasteiger partial charge in [0.15, 0.2) is 0 Å². The van der Waals surface area contributed by atoms with Crippen molar-refractivity contribution >= 4 is 17.3 Å². The maximum Gasteiger partial charge on any atom is 0.416 e. The first-order chi connectivity index (χ1) is 13.4. The monoisotopic (exact) mass is 390 g/mol. The van der Waals surface area contributed by atoms with Gasteiger partial charge in [0.25, 0.3) is 0 Å². The van der Waals surface area contributed by atoms with Crippen LogP contribution < -0.4 is 10.2 Å². The Morgan fingerprint density at radius 2 is 1.64 bits per heavy atom. The van der Waals surface area contributed by atoms with Gasteiger partial charge in [-0.05, 0) is 54.3 Å². The summed E-state index contributed by atoms with van der Waals surface area (Å²) in [7, 11) is 0. The van der Waals surface area contributed by atoms with E-state index in [1.807, 2.05) is 24.3 Å². The molecule has 0 radical (unpaired) electrons. The van der Waals surface area contributed by atoms with Crippen molar-refractivity contribution in [3.05, 3.63) is 59.7 Å². The van der Waals surface area contributed by atoms with Crippen LogP contribution in [0.25, 0.3) is 0 Å². The second kappa shape index (κ2) is 7.47. The summed E-state index contributed by atoms with van der Waals surface area (Å²) in [5.41, 5.74) is 1.92. The van der Waals surface area contributed by atoms with Crippen LogP contribution in [0.1, 0.15) is 23.5 Å². The van der Waals surface area contributed by atoms with Gasteiger partial charge in [0.2, 0.25) is 5.91 Å². The van der Waals surface area contributed by atoms with Gasteiger partial charge in [-0.15, -0.1) is 0 Å². The Hall–Kier alpha value is -2.54. The quantitative estimate of drug-likeness (QED) is 0.847. The molecule has 0 unspecified atom stereocenters. The number of amides is 1. The van der Waals surface area contributed by atoms with Gasteiger partial charge in [0.05, 0.1) is 18.8 Å². The molecule has 0 spiro atoms. The summed E-state index contributed by atoms with van der Waals surface area (Å²) in [6.45, 7) is 3.13. The molecule has 1 saturated heterocycles. The molecule has 4 rings (SSSR count). The number of benzene rings is 2. The lowest BCUT2D eigenvalue weighted by molar-refractivity contribution is -0.137. The van der Waals surface area contributed by atoms with Gasteiger partial charge >= 0.3 is 6.18 Å². The molecule has 0 aromatic heterocycles. The zero-order valence-electron chi connectivity index (χ0n) is 15.2. The van der Waals surface area contributed by atoms with Gasteiger partial charge < -0.3 is 15.0 Å². The minimum Gasteiger partial charge on any atom is -0.378 e. The Kier molecular flexibility index (Phi) is 5.02. The number of hydrogen-bond acceptors (Lipinski definition) is 3. The van der Waals surface area contributed by atoms with Crippen LogP contribution in [-0.4, -0.2) is 32.2 Å². The van der Waals surface area contributed by atoms with Crippen molar-refractivity contribution < 1.29 is 22.7 Å². The third-order valence-electron chi connectivity index (χ3n) is 5.30. The van der Waals surface area contributed by atoms with E-state index in [0.29, 0.717) is 19.6 Å². The Bertz CT molecular complexity index is 828.